The fourth-order valence-corrected chi connectivity index (χ4v) is 3.50. The molecule has 1 fully saturated rings. The highest BCUT2D eigenvalue weighted by molar-refractivity contribution is 6.35. The van der Waals surface area contributed by atoms with Crippen molar-refractivity contribution < 1.29 is 28.6 Å². The van der Waals surface area contributed by atoms with Crippen LogP contribution in [0.2, 0.25) is 5.02 Å². The van der Waals surface area contributed by atoms with Gasteiger partial charge in [-0.05, 0) is 48.4 Å². The van der Waals surface area contributed by atoms with Gasteiger partial charge in [0.2, 0.25) is 0 Å². The fourth-order valence-electron chi connectivity index (χ4n) is 3.38. The second-order valence-corrected chi connectivity index (χ2v) is 7.67. The Hall–Kier alpha value is -3.30. The van der Waals surface area contributed by atoms with Gasteiger partial charge >= 0.3 is 11.8 Å². The Morgan fingerprint density at radius 2 is 1.73 bits per heavy atom. The minimum Gasteiger partial charge on any atom is -0.493 e. The van der Waals surface area contributed by atoms with Crippen molar-refractivity contribution in [3.05, 3.63) is 58.6 Å². The van der Waals surface area contributed by atoms with Crippen LogP contribution in [0.25, 0.3) is 0 Å². The van der Waals surface area contributed by atoms with Crippen LogP contribution in [0.15, 0.2) is 42.5 Å². The topological polar surface area (TPSA) is 106 Å². The number of halogens is 1. The van der Waals surface area contributed by atoms with Crippen LogP contribution in [0.1, 0.15) is 15.9 Å². The maximum Gasteiger partial charge on any atom is 0.309 e. The number of nitrogens with zero attached hydrogens (tertiary/aromatic N) is 1. The van der Waals surface area contributed by atoms with E-state index in [2.05, 4.69) is 10.6 Å². The normalized spacial score (nSPS) is 15.1. The molecule has 0 aliphatic carbocycles. The summed E-state index contributed by atoms with van der Waals surface area (Å²) in [6, 6.07) is 12.0. The molecular weight excluding hydrogens is 450 g/mol. The van der Waals surface area contributed by atoms with Crippen LogP contribution in [0.5, 0.6) is 11.5 Å². The first-order valence-electron chi connectivity index (χ1n) is 10.4. The number of amides is 3. The number of nitrogens with one attached hydrogen (secondary N) is 2. The Morgan fingerprint density at radius 3 is 2.42 bits per heavy atom. The van der Waals surface area contributed by atoms with Crippen molar-refractivity contribution in [2.24, 2.45) is 0 Å². The third-order valence-corrected chi connectivity index (χ3v) is 5.38. The second-order valence-electron chi connectivity index (χ2n) is 7.24. The van der Waals surface area contributed by atoms with Crippen LogP contribution in [0, 0.1) is 0 Å². The molecule has 1 aliphatic heterocycles. The fraction of sp³-hybridized carbons (Fsp3) is 0.348. The summed E-state index contributed by atoms with van der Waals surface area (Å²) < 4.78 is 16.0. The minimum absolute atomic E-state index is 0.00125. The lowest BCUT2D eigenvalue weighted by molar-refractivity contribution is -0.139. The molecule has 176 valence electrons. The van der Waals surface area contributed by atoms with Crippen LogP contribution in [0.4, 0.5) is 0 Å². The molecule has 1 aliphatic rings. The summed E-state index contributed by atoms with van der Waals surface area (Å²) in [6.45, 7) is 1.00. The van der Waals surface area contributed by atoms with E-state index in [9.17, 15) is 14.4 Å². The molecule has 0 aromatic heterocycles. The first kappa shape index (κ1) is 24.3. The van der Waals surface area contributed by atoms with E-state index in [0.29, 0.717) is 41.7 Å². The predicted octanol–water partition coefficient (Wildman–Crippen LogP) is 1.63. The number of methoxy groups -OCH3 is 2. The second kappa shape index (κ2) is 11.5. The number of hydrogen-bond acceptors (Lipinski definition) is 6. The third kappa shape index (κ3) is 6.36. The van der Waals surface area contributed by atoms with E-state index in [0.717, 1.165) is 5.56 Å². The molecule has 0 saturated carbocycles. The summed E-state index contributed by atoms with van der Waals surface area (Å²) in [4.78, 5) is 38.5. The van der Waals surface area contributed by atoms with Gasteiger partial charge in [0.15, 0.2) is 11.5 Å². The highest BCUT2D eigenvalue weighted by Gasteiger charge is 2.31. The van der Waals surface area contributed by atoms with E-state index >= 15 is 0 Å². The first-order chi connectivity index (χ1) is 15.9. The van der Waals surface area contributed by atoms with Gasteiger partial charge in [-0.2, -0.15) is 0 Å². The average molecular weight is 476 g/mol. The van der Waals surface area contributed by atoms with Crippen molar-refractivity contribution in [2.45, 2.75) is 12.6 Å². The molecular formula is C23H26ClN3O6. The summed E-state index contributed by atoms with van der Waals surface area (Å²) >= 11 is 5.87. The van der Waals surface area contributed by atoms with Crippen molar-refractivity contribution >= 4 is 29.3 Å². The van der Waals surface area contributed by atoms with Crippen molar-refractivity contribution in [3.8, 4) is 11.5 Å². The lowest BCUT2D eigenvalue weighted by atomic mass is 10.1. The Balaban J connectivity index is 1.45. The van der Waals surface area contributed by atoms with Gasteiger partial charge < -0.3 is 29.7 Å². The van der Waals surface area contributed by atoms with Gasteiger partial charge in [0, 0.05) is 23.7 Å². The number of rotatable bonds is 8. The van der Waals surface area contributed by atoms with Gasteiger partial charge in [-0.1, -0.05) is 17.7 Å². The summed E-state index contributed by atoms with van der Waals surface area (Å²) in [6.07, 6.45) is -0.147. The van der Waals surface area contributed by atoms with Crippen LogP contribution in [-0.4, -0.2) is 69.3 Å². The third-order valence-electron chi connectivity index (χ3n) is 5.13. The standard InChI is InChI=1S/C23H26ClN3O6/c1-31-18-8-3-15(13-19(18)32-2)9-10-25-21(28)22(29)26-14-20-27(11-12-33-20)23(30)16-4-6-17(24)7-5-16/h3-8,13,20H,9-12,14H2,1-2H3,(H,25,28)(H,26,29)/t20-/m1/s1. The first-order valence-corrected chi connectivity index (χ1v) is 10.8. The lowest BCUT2D eigenvalue weighted by Gasteiger charge is -2.23. The van der Waals surface area contributed by atoms with E-state index in [-0.39, 0.29) is 19.0 Å². The van der Waals surface area contributed by atoms with E-state index in [1.54, 1.807) is 44.6 Å². The van der Waals surface area contributed by atoms with Gasteiger partial charge in [0.05, 0.1) is 27.4 Å². The van der Waals surface area contributed by atoms with Crippen molar-refractivity contribution in [1.82, 2.24) is 15.5 Å². The molecule has 1 saturated heterocycles. The van der Waals surface area contributed by atoms with Gasteiger partial charge in [0.25, 0.3) is 5.91 Å². The molecule has 2 N–H and O–H groups in total. The molecule has 33 heavy (non-hydrogen) atoms. The Kier molecular flexibility index (Phi) is 8.51. The van der Waals surface area contributed by atoms with Crippen molar-refractivity contribution in [1.29, 1.82) is 0 Å². The van der Waals surface area contributed by atoms with E-state index < -0.39 is 18.0 Å². The molecule has 3 rings (SSSR count). The lowest BCUT2D eigenvalue weighted by Crippen LogP contribution is -2.47. The molecule has 10 heteroatoms. The zero-order chi connectivity index (χ0) is 23.8. The smallest absolute Gasteiger partial charge is 0.309 e. The van der Waals surface area contributed by atoms with Crippen LogP contribution < -0.4 is 20.1 Å². The SMILES string of the molecule is COc1ccc(CCNC(=O)C(=O)NC[C@H]2OCCN2C(=O)c2ccc(Cl)cc2)cc1OC. The van der Waals surface area contributed by atoms with Crippen LogP contribution in [0.3, 0.4) is 0 Å². The number of hydrogen-bond donors (Lipinski definition) is 2. The van der Waals surface area contributed by atoms with E-state index in [4.69, 9.17) is 25.8 Å². The van der Waals surface area contributed by atoms with Gasteiger partial charge in [0.1, 0.15) is 6.23 Å². The Labute approximate surface area is 196 Å². The zero-order valence-electron chi connectivity index (χ0n) is 18.4. The summed E-state index contributed by atoms with van der Waals surface area (Å²) in [5, 5.41) is 5.64. The molecule has 0 spiro atoms. The summed E-state index contributed by atoms with van der Waals surface area (Å²) in [5.74, 6) is -0.584. The monoisotopic (exact) mass is 475 g/mol. The van der Waals surface area contributed by atoms with E-state index in [1.165, 1.54) is 4.90 Å². The number of benzene rings is 2. The number of carbonyl (C=O) groups is 3. The summed E-state index contributed by atoms with van der Waals surface area (Å²) in [5.41, 5.74) is 1.39. The predicted molar refractivity (Wildman–Crippen MR) is 121 cm³/mol. The van der Waals surface area contributed by atoms with Crippen molar-refractivity contribution in [2.75, 3.05) is 40.5 Å². The molecule has 3 amide bonds. The molecule has 9 nitrogen and oxygen atoms in total. The van der Waals surface area contributed by atoms with Crippen LogP contribution >= 0.6 is 11.6 Å². The zero-order valence-corrected chi connectivity index (χ0v) is 19.2. The highest BCUT2D eigenvalue weighted by Crippen LogP contribution is 2.27. The largest absolute Gasteiger partial charge is 0.493 e. The maximum absolute atomic E-state index is 12.7. The molecule has 1 heterocycles. The van der Waals surface area contributed by atoms with Gasteiger partial charge in [-0.25, -0.2) is 0 Å². The van der Waals surface area contributed by atoms with Crippen molar-refractivity contribution in [3.63, 3.8) is 0 Å². The summed E-state index contributed by atoms with van der Waals surface area (Å²) in [7, 11) is 3.10. The quantitative estimate of drug-likeness (QED) is 0.562. The van der Waals surface area contributed by atoms with E-state index in [1.807, 2.05) is 12.1 Å². The van der Waals surface area contributed by atoms with Gasteiger partial charge in [-0.3, -0.25) is 14.4 Å². The molecule has 1 atom stereocenters. The molecule has 0 radical (unpaired) electrons. The minimum atomic E-state index is -0.795. The number of carbonyl (C=O) groups excluding carboxylic acids is 3. The number of ether oxygens (including phenoxy) is 3. The van der Waals surface area contributed by atoms with Gasteiger partial charge in [-0.15, -0.1) is 0 Å². The van der Waals surface area contributed by atoms with Crippen LogP contribution in [-0.2, 0) is 20.7 Å². The molecule has 0 unspecified atom stereocenters. The average Bonchev–Trinajstić information content (AvgIpc) is 3.31. The molecule has 0 bridgehead atoms. The Bertz CT molecular complexity index is 998. The Morgan fingerprint density at radius 1 is 1.03 bits per heavy atom. The molecule has 2 aromatic rings. The maximum atomic E-state index is 12.7. The molecule has 2 aromatic carbocycles. The highest BCUT2D eigenvalue weighted by atomic mass is 35.5.